The highest BCUT2D eigenvalue weighted by molar-refractivity contribution is 7.13. The van der Waals surface area contributed by atoms with Gasteiger partial charge in [0, 0.05) is 19.3 Å². The third-order valence-electron chi connectivity index (χ3n) is 7.60. The van der Waals surface area contributed by atoms with Crippen LogP contribution in [0.4, 0.5) is 5.82 Å². The third-order valence-corrected chi connectivity index (χ3v) is 8.47. The SMILES string of the molecule is C[C@H]1COCCN1c1cc(C2(C#N)CCCC2)c2snc(-c3ccnn3C3CCCCO3)c2n1. The van der Waals surface area contributed by atoms with Crippen molar-refractivity contribution >= 4 is 27.6 Å². The zero-order valence-corrected chi connectivity index (χ0v) is 20.4. The van der Waals surface area contributed by atoms with E-state index in [0.717, 1.165) is 91.1 Å². The Bertz CT molecular complexity index is 1220. The van der Waals surface area contributed by atoms with Gasteiger partial charge in [0.05, 0.1) is 41.1 Å². The Morgan fingerprint density at radius 2 is 2.09 bits per heavy atom. The number of nitrogens with zero attached hydrogens (tertiary/aromatic N) is 6. The second-order valence-corrected chi connectivity index (χ2v) is 10.5. The van der Waals surface area contributed by atoms with Crippen LogP contribution in [0.15, 0.2) is 18.3 Å². The number of aromatic nitrogens is 4. The van der Waals surface area contributed by atoms with Crippen LogP contribution in [0.3, 0.4) is 0 Å². The molecule has 9 heteroatoms. The van der Waals surface area contributed by atoms with Crippen LogP contribution in [-0.2, 0) is 14.9 Å². The summed E-state index contributed by atoms with van der Waals surface area (Å²) in [7, 11) is 0. The Kier molecular flexibility index (Phi) is 5.76. The van der Waals surface area contributed by atoms with Gasteiger partial charge in [-0.15, -0.1) is 0 Å². The molecule has 0 aromatic carbocycles. The first-order valence-corrected chi connectivity index (χ1v) is 13.2. The summed E-state index contributed by atoms with van der Waals surface area (Å²) >= 11 is 1.46. The molecule has 0 amide bonds. The first kappa shape index (κ1) is 22.0. The fraction of sp³-hybridized carbons (Fsp3) is 0.600. The lowest BCUT2D eigenvalue weighted by Gasteiger charge is -2.35. The average Bonchev–Trinajstić information content (AvgIpc) is 3.64. The molecule has 3 aromatic heterocycles. The molecule has 2 aliphatic heterocycles. The highest BCUT2D eigenvalue weighted by Gasteiger charge is 2.39. The minimum atomic E-state index is -0.470. The Labute approximate surface area is 203 Å². The van der Waals surface area contributed by atoms with Crippen molar-refractivity contribution in [1.29, 1.82) is 5.26 Å². The van der Waals surface area contributed by atoms with Crippen LogP contribution in [0.25, 0.3) is 21.6 Å². The molecule has 6 rings (SSSR count). The molecule has 1 unspecified atom stereocenters. The van der Waals surface area contributed by atoms with Gasteiger partial charge in [-0.05, 0) is 68.3 Å². The molecule has 5 heterocycles. The first-order chi connectivity index (χ1) is 16.7. The van der Waals surface area contributed by atoms with Crippen molar-refractivity contribution in [2.45, 2.75) is 69.6 Å². The van der Waals surface area contributed by atoms with Crippen LogP contribution >= 0.6 is 11.5 Å². The Morgan fingerprint density at radius 1 is 1.21 bits per heavy atom. The molecule has 0 radical (unpaired) electrons. The number of morpholine rings is 1. The van der Waals surface area contributed by atoms with Gasteiger partial charge in [-0.2, -0.15) is 14.7 Å². The molecule has 1 aliphatic carbocycles. The van der Waals surface area contributed by atoms with Crippen molar-refractivity contribution in [2.75, 3.05) is 31.3 Å². The van der Waals surface area contributed by atoms with Gasteiger partial charge in [0.2, 0.25) is 0 Å². The molecule has 1 saturated carbocycles. The maximum absolute atomic E-state index is 10.3. The van der Waals surface area contributed by atoms with Crippen LogP contribution in [0.5, 0.6) is 0 Å². The smallest absolute Gasteiger partial charge is 0.150 e. The van der Waals surface area contributed by atoms with E-state index in [1.54, 1.807) is 0 Å². The molecule has 178 valence electrons. The average molecular weight is 479 g/mol. The van der Waals surface area contributed by atoms with E-state index in [9.17, 15) is 5.26 Å². The van der Waals surface area contributed by atoms with E-state index in [4.69, 9.17) is 18.8 Å². The number of fused-ring (bicyclic) bond motifs is 1. The standard InChI is InChI=1S/C25H30N6O2S/c1-17-15-32-13-11-30(17)20-14-18(25(16-26)8-3-4-9-25)24-23(28-20)22(29-34-24)19-7-10-27-31(19)21-6-2-5-12-33-21/h7,10,14,17,21H,2-6,8-9,11-13,15H2,1H3/t17-,21?/m0/s1. The van der Waals surface area contributed by atoms with Gasteiger partial charge >= 0.3 is 0 Å². The maximum Gasteiger partial charge on any atom is 0.150 e. The zero-order chi connectivity index (χ0) is 23.1. The molecule has 3 aromatic rings. The van der Waals surface area contributed by atoms with E-state index >= 15 is 0 Å². The number of pyridine rings is 1. The summed E-state index contributed by atoms with van der Waals surface area (Å²) in [6.07, 6.45) is 8.87. The van der Waals surface area contributed by atoms with Gasteiger partial charge in [0.1, 0.15) is 17.0 Å². The van der Waals surface area contributed by atoms with Crippen LogP contribution in [0.1, 0.15) is 63.7 Å². The van der Waals surface area contributed by atoms with E-state index in [2.05, 4.69) is 29.1 Å². The lowest BCUT2D eigenvalue weighted by molar-refractivity contribution is -0.0383. The molecule has 0 N–H and O–H groups in total. The van der Waals surface area contributed by atoms with Crippen molar-refractivity contribution in [3.63, 3.8) is 0 Å². The van der Waals surface area contributed by atoms with Gasteiger partial charge in [0.15, 0.2) is 6.23 Å². The predicted octanol–water partition coefficient (Wildman–Crippen LogP) is 4.81. The second-order valence-electron chi connectivity index (χ2n) is 9.74. The first-order valence-electron chi connectivity index (χ1n) is 12.4. The summed E-state index contributed by atoms with van der Waals surface area (Å²) < 4.78 is 19.6. The molecule has 3 fully saturated rings. The van der Waals surface area contributed by atoms with Crippen LogP contribution in [0.2, 0.25) is 0 Å². The molecular weight excluding hydrogens is 448 g/mol. The Hall–Kier alpha value is -2.54. The molecule has 0 bridgehead atoms. The Balaban J connectivity index is 1.53. The van der Waals surface area contributed by atoms with Gasteiger partial charge in [0.25, 0.3) is 0 Å². The fourth-order valence-corrected chi connectivity index (χ4v) is 6.66. The Morgan fingerprint density at radius 3 is 2.85 bits per heavy atom. The van der Waals surface area contributed by atoms with E-state index < -0.39 is 5.41 Å². The lowest BCUT2D eigenvalue weighted by atomic mass is 9.80. The molecule has 3 aliphatic rings. The summed E-state index contributed by atoms with van der Waals surface area (Å²) in [6, 6.07) is 7.11. The number of hydrogen-bond donors (Lipinski definition) is 0. The zero-order valence-electron chi connectivity index (χ0n) is 19.6. The molecule has 8 nitrogen and oxygen atoms in total. The number of ether oxygens (including phenoxy) is 2. The molecule has 34 heavy (non-hydrogen) atoms. The van der Waals surface area contributed by atoms with Crippen LogP contribution < -0.4 is 4.90 Å². The predicted molar refractivity (Wildman–Crippen MR) is 131 cm³/mol. The van der Waals surface area contributed by atoms with Gasteiger partial charge in [-0.1, -0.05) is 12.8 Å². The monoisotopic (exact) mass is 478 g/mol. The number of hydrogen-bond acceptors (Lipinski definition) is 8. The number of rotatable bonds is 4. The fourth-order valence-electron chi connectivity index (χ4n) is 5.71. The summed E-state index contributed by atoms with van der Waals surface area (Å²) in [4.78, 5) is 7.49. The van der Waals surface area contributed by atoms with Crippen molar-refractivity contribution in [1.82, 2.24) is 19.1 Å². The molecule has 2 atom stereocenters. The number of anilines is 1. The van der Waals surface area contributed by atoms with E-state index in [1.807, 2.05) is 16.9 Å². The summed E-state index contributed by atoms with van der Waals surface area (Å²) in [6.45, 7) is 5.08. The lowest BCUT2D eigenvalue weighted by Crippen LogP contribution is -2.44. The van der Waals surface area contributed by atoms with Crippen molar-refractivity contribution < 1.29 is 9.47 Å². The third kappa shape index (κ3) is 3.60. The van der Waals surface area contributed by atoms with Gasteiger partial charge in [-0.25, -0.2) is 9.67 Å². The molecule has 0 spiro atoms. The second kappa shape index (κ2) is 8.91. The maximum atomic E-state index is 10.3. The minimum Gasteiger partial charge on any atom is -0.377 e. The molecular formula is C25H30N6O2S. The normalized spacial score (nSPS) is 25.0. The molecule has 2 saturated heterocycles. The largest absolute Gasteiger partial charge is 0.377 e. The quantitative estimate of drug-likeness (QED) is 0.531. The highest BCUT2D eigenvalue weighted by atomic mass is 32.1. The van der Waals surface area contributed by atoms with Crippen LogP contribution in [0, 0.1) is 11.3 Å². The topological polar surface area (TPSA) is 89.1 Å². The summed E-state index contributed by atoms with van der Waals surface area (Å²) in [5, 5.41) is 14.9. The summed E-state index contributed by atoms with van der Waals surface area (Å²) in [5.74, 6) is 0.918. The van der Waals surface area contributed by atoms with E-state index in [-0.39, 0.29) is 12.3 Å². The van der Waals surface area contributed by atoms with Gasteiger partial charge in [-0.3, -0.25) is 0 Å². The van der Waals surface area contributed by atoms with Crippen molar-refractivity contribution in [2.24, 2.45) is 0 Å². The van der Waals surface area contributed by atoms with Crippen LogP contribution in [-0.4, -0.2) is 51.5 Å². The van der Waals surface area contributed by atoms with Gasteiger partial charge < -0.3 is 14.4 Å². The van der Waals surface area contributed by atoms with E-state index in [0.29, 0.717) is 13.2 Å². The van der Waals surface area contributed by atoms with E-state index in [1.165, 1.54) is 11.5 Å². The number of nitriles is 1. The summed E-state index contributed by atoms with van der Waals surface area (Å²) in [5.41, 5.74) is 3.26. The highest BCUT2D eigenvalue weighted by Crippen LogP contribution is 2.47. The van der Waals surface area contributed by atoms with Crippen molar-refractivity contribution in [3.05, 3.63) is 23.9 Å². The minimum absolute atomic E-state index is 0.0716. The van der Waals surface area contributed by atoms with Crippen molar-refractivity contribution in [3.8, 4) is 17.5 Å².